The van der Waals surface area contributed by atoms with E-state index >= 15 is 0 Å². The number of rotatable bonds is 9. The number of aliphatic imine (C=N–C) groups is 1. The topological polar surface area (TPSA) is 198 Å². The third-order valence-corrected chi connectivity index (χ3v) is 14.4. The standard InChI is InChI=1S/C46H51ClN10O4S.C2HF3O2/c1-26(2)35-22-36(39(59)24-38(35)58)43-50-52-46(61)57(43)34-12-6-30(7-13-34)25-53-18-20-54(21-19-53)33-14-16-55(17-15-33)40(60)23-37-44-51-49-29(5)56(44)45-41(27(3)28(4)62-45)42(48-37)31-8-10-32(47)11-9-31;3-2(4,5)1(6)7/h6-13,22,24,26,33,37,58-59H,14-21,23,25H2,1-5H3,(H,52,61);(H,6,7)/t37-;/m0./s1. The Morgan fingerprint density at radius 3 is 2.17 bits per heavy atom. The van der Waals surface area contributed by atoms with Crippen LogP contribution in [-0.4, -0.2) is 129 Å². The largest absolute Gasteiger partial charge is 0.508 e. The van der Waals surface area contributed by atoms with E-state index < -0.39 is 23.9 Å². The molecule has 0 aliphatic carbocycles. The summed E-state index contributed by atoms with van der Waals surface area (Å²) in [6.07, 6.45) is -3.01. The predicted molar refractivity (Wildman–Crippen MR) is 255 cm³/mol. The zero-order chi connectivity index (χ0) is 49.5. The number of aromatic amines is 1. The molecule has 3 aliphatic rings. The van der Waals surface area contributed by atoms with Crippen molar-refractivity contribution in [1.29, 1.82) is 0 Å². The number of fused-ring (bicyclic) bond motifs is 3. The number of piperidine rings is 1. The van der Waals surface area contributed by atoms with Crippen molar-refractivity contribution in [3.8, 4) is 33.6 Å². The SMILES string of the molecule is Cc1sc2c(c1C)C(c1ccc(Cl)cc1)=N[C@@H](CC(=O)N1CCC(N3CCN(Cc4ccc(-n5c(-c6cc(C(C)C)c(O)cc6O)n[nH]c5=O)cc4)CC3)CC1)c1nnc(C)n1-2.O=C(O)C(F)(F)F. The maximum absolute atomic E-state index is 14.1. The summed E-state index contributed by atoms with van der Waals surface area (Å²) in [4.78, 5) is 49.5. The van der Waals surface area contributed by atoms with Gasteiger partial charge in [0.15, 0.2) is 11.6 Å². The van der Waals surface area contributed by atoms with Crippen LogP contribution in [-0.2, 0) is 16.1 Å². The molecule has 0 unspecified atom stereocenters. The summed E-state index contributed by atoms with van der Waals surface area (Å²) >= 11 is 8.00. The number of benzene rings is 3. The lowest BCUT2D eigenvalue weighted by atomic mass is 9.98. The summed E-state index contributed by atoms with van der Waals surface area (Å²) in [6, 6.07) is 18.5. The number of hydrogen-bond donors (Lipinski definition) is 4. The zero-order valence-electron chi connectivity index (χ0n) is 38.6. The number of carbonyl (C=O) groups is 2. The molecule has 0 bridgehead atoms. The molecular weight excluding hydrogens is 937 g/mol. The van der Waals surface area contributed by atoms with E-state index in [2.05, 4.69) is 48.6 Å². The minimum absolute atomic E-state index is 0.00103. The van der Waals surface area contributed by atoms with Crippen molar-refractivity contribution in [2.24, 2.45) is 4.99 Å². The van der Waals surface area contributed by atoms with Gasteiger partial charge in [0.2, 0.25) is 5.91 Å². The first-order valence-electron chi connectivity index (χ1n) is 22.5. The number of phenols is 2. The van der Waals surface area contributed by atoms with Gasteiger partial charge in [0.1, 0.15) is 28.4 Å². The van der Waals surface area contributed by atoms with E-state index in [9.17, 15) is 33.0 Å². The number of piperazine rings is 1. The van der Waals surface area contributed by atoms with E-state index in [4.69, 9.17) is 26.5 Å². The van der Waals surface area contributed by atoms with Crippen molar-refractivity contribution >= 4 is 40.5 Å². The molecule has 364 valence electrons. The smallest absolute Gasteiger partial charge is 0.490 e. The maximum atomic E-state index is 14.1. The first-order chi connectivity index (χ1) is 32.8. The Morgan fingerprint density at radius 2 is 1.55 bits per heavy atom. The summed E-state index contributed by atoms with van der Waals surface area (Å²) in [7, 11) is 0. The van der Waals surface area contributed by atoms with E-state index in [1.165, 1.54) is 15.5 Å². The molecule has 3 aromatic carbocycles. The van der Waals surface area contributed by atoms with Gasteiger partial charge in [0.25, 0.3) is 0 Å². The Morgan fingerprint density at radius 1 is 0.899 bits per heavy atom. The second-order valence-electron chi connectivity index (χ2n) is 17.8. The number of carbonyl (C=O) groups excluding carboxylic acids is 1. The monoisotopic (exact) mass is 988 g/mol. The van der Waals surface area contributed by atoms with Crippen molar-refractivity contribution in [3.05, 3.63) is 121 Å². The number of aryl methyl sites for hydroxylation is 2. The van der Waals surface area contributed by atoms with Gasteiger partial charge in [0.05, 0.1) is 23.4 Å². The molecule has 0 radical (unpaired) electrons. The molecule has 2 fully saturated rings. The first-order valence-corrected chi connectivity index (χ1v) is 23.7. The average molecular weight is 990 g/mol. The molecule has 21 heteroatoms. The van der Waals surface area contributed by atoms with Gasteiger partial charge >= 0.3 is 17.8 Å². The number of aromatic hydroxyl groups is 2. The number of aliphatic carboxylic acids is 1. The highest BCUT2D eigenvalue weighted by Crippen LogP contribution is 2.41. The quantitative estimate of drug-likeness (QED) is 0.111. The van der Waals surface area contributed by atoms with Crippen LogP contribution in [0, 0.1) is 20.8 Å². The van der Waals surface area contributed by atoms with Crippen LogP contribution in [0.5, 0.6) is 11.5 Å². The number of phenolic OH excluding ortho intramolecular Hbond substituents is 2. The van der Waals surface area contributed by atoms with Gasteiger partial charge < -0.3 is 20.2 Å². The van der Waals surface area contributed by atoms with Gasteiger partial charge in [0, 0.05) is 78.9 Å². The molecule has 9 rings (SSSR count). The lowest BCUT2D eigenvalue weighted by molar-refractivity contribution is -0.192. The fourth-order valence-electron chi connectivity index (χ4n) is 9.16. The van der Waals surface area contributed by atoms with E-state index in [-0.39, 0.29) is 35.6 Å². The fraction of sp³-hybridized carbons (Fsp3) is 0.396. The average Bonchev–Trinajstić information content (AvgIpc) is 3.95. The number of amides is 1. The number of thiophene rings is 1. The van der Waals surface area contributed by atoms with Crippen molar-refractivity contribution in [2.45, 2.75) is 84.6 Å². The maximum Gasteiger partial charge on any atom is 0.490 e. The first kappa shape index (κ1) is 49.1. The number of H-pyrrole nitrogens is 1. The molecule has 69 heavy (non-hydrogen) atoms. The number of hydrogen-bond acceptors (Lipinski definition) is 12. The summed E-state index contributed by atoms with van der Waals surface area (Å²) in [5.74, 6) is -1.08. The van der Waals surface area contributed by atoms with Crippen molar-refractivity contribution in [2.75, 3.05) is 39.3 Å². The van der Waals surface area contributed by atoms with E-state index in [0.29, 0.717) is 46.8 Å². The lowest BCUT2D eigenvalue weighted by Gasteiger charge is -2.43. The normalized spacial score (nSPS) is 16.9. The van der Waals surface area contributed by atoms with E-state index in [1.807, 2.05) is 74.2 Å². The van der Waals surface area contributed by atoms with Gasteiger partial charge in [-0.1, -0.05) is 49.7 Å². The molecule has 6 heterocycles. The van der Waals surface area contributed by atoms with Crippen LogP contribution in [0.25, 0.3) is 22.1 Å². The predicted octanol–water partition coefficient (Wildman–Crippen LogP) is 7.71. The molecule has 0 saturated carbocycles. The van der Waals surface area contributed by atoms with Crippen LogP contribution in [0.2, 0.25) is 5.02 Å². The number of aromatic nitrogens is 6. The molecule has 2 saturated heterocycles. The van der Waals surface area contributed by atoms with Crippen molar-refractivity contribution in [1.82, 2.24) is 44.2 Å². The van der Waals surface area contributed by atoms with Gasteiger partial charge in [-0.25, -0.2) is 19.3 Å². The van der Waals surface area contributed by atoms with Crippen molar-refractivity contribution in [3.63, 3.8) is 0 Å². The lowest BCUT2D eigenvalue weighted by Crippen LogP contribution is -2.53. The number of carboxylic acid groups (broad SMARTS) is 1. The number of carboxylic acids is 1. The third kappa shape index (κ3) is 10.3. The highest BCUT2D eigenvalue weighted by Gasteiger charge is 2.38. The summed E-state index contributed by atoms with van der Waals surface area (Å²) < 4.78 is 35.3. The molecular formula is C48H52ClF3N10O6S. The van der Waals surface area contributed by atoms with Crippen LogP contribution in [0.15, 0.2) is 70.5 Å². The number of likely N-dealkylation sites (tertiary alicyclic amines) is 1. The van der Waals surface area contributed by atoms with E-state index in [0.717, 1.165) is 84.4 Å². The number of nitrogens with one attached hydrogen (secondary N) is 1. The molecule has 3 aliphatic heterocycles. The highest BCUT2D eigenvalue weighted by atomic mass is 35.5. The van der Waals surface area contributed by atoms with Gasteiger partial charge in [-0.15, -0.1) is 21.5 Å². The molecule has 6 aromatic rings. The zero-order valence-corrected chi connectivity index (χ0v) is 40.2. The Labute approximate surface area is 404 Å². The summed E-state index contributed by atoms with van der Waals surface area (Å²) in [6.45, 7) is 16.1. The Hall–Kier alpha value is -6.35. The molecule has 1 amide bonds. The molecule has 4 N–H and O–H groups in total. The van der Waals surface area contributed by atoms with Gasteiger partial charge in [-0.2, -0.15) is 18.3 Å². The van der Waals surface area contributed by atoms with Crippen LogP contribution < -0.4 is 5.69 Å². The van der Waals surface area contributed by atoms with Crippen LogP contribution in [0.4, 0.5) is 13.2 Å². The minimum atomic E-state index is -5.08. The summed E-state index contributed by atoms with van der Waals surface area (Å²) in [5, 5.41) is 45.7. The molecule has 3 aromatic heterocycles. The number of halogens is 4. The van der Waals surface area contributed by atoms with Gasteiger partial charge in [-0.3, -0.25) is 24.2 Å². The molecule has 16 nitrogen and oxygen atoms in total. The summed E-state index contributed by atoms with van der Waals surface area (Å²) in [5.41, 5.74) is 6.39. The van der Waals surface area contributed by atoms with Gasteiger partial charge in [-0.05, 0) is 86.6 Å². The second kappa shape index (κ2) is 19.9. The van der Waals surface area contributed by atoms with Crippen LogP contribution in [0.3, 0.4) is 0 Å². The number of nitrogens with zero attached hydrogens (tertiary/aromatic N) is 9. The Bertz CT molecular complexity index is 2950. The fourth-order valence-corrected chi connectivity index (χ4v) is 10.5. The third-order valence-electron chi connectivity index (χ3n) is 13.0. The van der Waals surface area contributed by atoms with E-state index in [1.54, 1.807) is 17.4 Å². The molecule has 1 atom stereocenters. The Kier molecular flexibility index (Phi) is 14.2. The Balaban J connectivity index is 0.000000853. The van der Waals surface area contributed by atoms with Crippen LogP contribution in [0.1, 0.15) is 89.4 Å². The number of alkyl halides is 3. The van der Waals surface area contributed by atoms with Crippen LogP contribution >= 0.6 is 22.9 Å². The minimum Gasteiger partial charge on any atom is -0.508 e. The van der Waals surface area contributed by atoms with Crippen molar-refractivity contribution < 1.29 is 38.1 Å². The second-order valence-corrected chi connectivity index (χ2v) is 19.4. The molecule has 0 spiro atoms. The highest BCUT2D eigenvalue weighted by molar-refractivity contribution is 7.15.